The van der Waals surface area contributed by atoms with Gasteiger partial charge in [-0.3, -0.25) is 0 Å². The summed E-state index contributed by atoms with van der Waals surface area (Å²) in [6, 6.07) is 12.9. The van der Waals surface area contributed by atoms with E-state index in [1.54, 1.807) is 24.3 Å². The fraction of sp³-hybridized carbons (Fsp3) is 0.0625. The van der Waals surface area contributed by atoms with Gasteiger partial charge in [0.05, 0.1) is 5.56 Å². The first-order chi connectivity index (χ1) is 10.1. The molecule has 0 aliphatic carbocycles. The van der Waals surface area contributed by atoms with Crippen LogP contribution >= 0.6 is 11.3 Å². The zero-order chi connectivity index (χ0) is 14.8. The fourth-order valence-corrected chi connectivity index (χ4v) is 3.12. The number of ether oxygens (including phenoxy) is 1. The number of halogens is 1. The lowest BCUT2D eigenvalue weighted by molar-refractivity contribution is 0.0699. The Balaban J connectivity index is 1.83. The first-order valence-electron chi connectivity index (χ1n) is 6.26. The van der Waals surface area contributed by atoms with Crippen LogP contribution < -0.4 is 4.74 Å². The Morgan fingerprint density at radius 1 is 1.19 bits per heavy atom. The molecule has 0 amide bonds. The van der Waals surface area contributed by atoms with Crippen LogP contribution in [0.4, 0.5) is 4.39 Å². The van der Waals surface area contributed by atoms with Crippen LogP contribution in [0.15, 0.2) is 48.5 Å². The van der Waals surface area contributed by atoms with Gasteiger partial charge in [-0.15, -0.1) is 11.3 Å². The number of carbonyl (C=O) groups is 1. The molecule has 2 aromatic carbocycles. The maximum absolute atomic E-state index is 12.8. The van der Waals surface area contributed by atoms with Crippen LogP contribution in [0.2, 0.25) is 0 Å². The van der Waals surface area contributed by atoms with E-state index in [2.05, 4.69) is 0 Å². The molecule has 0 unspecified atom stereocenters. The number of carboxylic acid groups (broad SMARTS) is 1. The molecule has 0 aliphatic rings. The van der Waals surface area contributed by atoms with Crippen molar-refractivity contribution in [1.29, 1.82) is 0 Å². The van der Waals surface area contributed by atoms with Crippen molar-refractivity contribution in [3.05, 3.63) is 64.8 Å². The Labute approximate surface area is 124 Å². The number of benzene rings is 2. The second kappa shape index (κ2) is 5.54. The van der Waals surface area contributed by atoms with Gasteiger partial charge in [-0.1, -0.05) is 12.1 Å². The Morgan fingerprint density at radius 2 is 1.95 bits per heavy atom. The minimum Gasteiger partial charge on any atom is -0.488 e. The van der Waals surface area contributed by atoms with Gasteiger partial charge in [0.1, 0.15) is 18.2 Å². The lowest BCUT2D eigenvalue weighted by Gasteiger charge is -2.03. The highest BCUT2D eigenvalue weighted by Gasteiger charge is 2.11. The van der Waals surface area contributed by atoms with E-state index in [4.69, 9.17) is 9.84 Å². The van der Waals surface area contributed by atoms with E-state index in [-0.39, 0.29) is 5.82 Å². The molecule has 21 heavy (non-hydrogen) atoms. The molecule has 1 aromatic heterocycles. The van der Waals surface area contributed by atoms with Crippen molar-refractivity contribution in [1.82, 2.24) is 0 Å². The minimum absolute atomic E-state index is 0.297. The molecule has 5 heteroatoms. The summed E-state index contributed by atoms with van der Waals surface area (Å²) in [5.41, 5.74) is 0.297. The van der Waals surface area contributed by atoms with Crippen LogP contribution in [-0.2, 0) is 6.61 Å². The standard InChI is InChI=1S/C16H11FO3S/c17-11-4-6-12(7-5-11)20-9-13-8-10-2-1-3-14(16(18)19)15(10)21-13/h1-8H,9H2,(H,18,19). The molecular formula is C16H11FO3S. The first-order valence-corrected chi connectivity index (χ1v) is 7.08. The molecule has 1 N–H and O–H groups in total. The van der Waals surface area contributed by atoms with Crippen molar-refractivity contribution in [2.45, 2.75) is 6.61 Å². The van der Waals surface area contributed by atoms with Crippen molar-refractivity contribution in [2.75, 3.05) is 0 Å². The molecule has 106 valence electrons. The summed E-state index contributed by atoms with van der Waals surface area (Å²) in [6.07, 6.45) is 0. The topological polar surface area (TPSA) is 46.5 Å². The summed E-state index contributed by atoms with van der Waals surface area (Å²) in [7, 11) is 0. The Hall–Kier alpha value is -2.40. The Bertz CT molecular complexity index is 793. The predicted molar refractivity (Wildman–Crippen MR) is 79.5 cm³/mol. The van der Waals surface area contributed by atoms with Gasteiger partial charge in [0.15, 0.2) is 0 Å². The second-order valence-electron chi connectivity index (χ2n) is 4.48. The van der Waals surface area contributed by atoms with E-state index in [1.165, 1.54) is 23.5 Å². The average molecular weight is 302 g/mol. The first kappa shape index (κ1) is 13.6. The van der Waals surface area contributed by atoms with E-state index >= 15 is 0 Å². The summed E-state index contributed by atoms with van der Waals surface area (Å²) >= 11 is 1.39. The molecule has 3 nitrogen and oxygen atoms in total. The number of thiophene rings is 1. The lowest BCUT2D eigenvalue weighted by atomic mass is 10.1. The van der Waals surface area contributed by atoms with Crippen molar-refractivity contribution in [2.24, 2.45) is 0 Å². The summed E-state index contributed by atoms with van der Waals surface area (Å²) in [5, 5.41) is 10.1. The molecule has 0 atom stereocenters. The minimum atomic E-state index is -0.937. The van der Waals surface area contributed by atoms with Crippen LogP contribution in [0.1, 0.15) is 15.2 Å². The van der Waals surface area contributed by atoms with Crippen LogP contribution in [-0.4, -0.2) is 11.1 Å². The summed E-state index contributed by atoms with van der Waals surface area (Å²) in [6.45, 7) is 0.323. The smallest absolute Gasteiger partial charge is 0.337 e. The highest BCUT2D eigenvalue weighted by Crippen LogP contribution is 2.29. The van der Waals surface area contributed by atoms with Crippen molar-refractivity contribution in [3.8, 4) is 5.75 Å². The fourth-order valence-electron chi connectivity index (χ4n) is 2.04. The van der Waals surface area contributed by atoms with Crippen LogP contribution in [0.5, 0.6) is 5.75 Å². The third-order valence-corrected chi connectivity index (χ3v) is 4.18. The molecule has 0 spiro atoms. The zero-order valence-corrected chi connectivity index (χ0v) is 11.7. The molecule has 1 heterocycles. The van der Waals surface area contributed by atoms with E-state index in [0.29, 0.717) is 17.9 Å². The Morgan fingerprint density at radius 3 is 2.67 bits per heavy atom. The number of hydrogen-bond acceptors (Lipinski definition) is 3. The van der Waals surface area contributed by atoms with Gasteiger partial charge in [-0.2, -0.15) is 0 Å². The quantitative estimate of drug-likeness (QED) is 0.781. The van der Waals surface area contributed by atoms with Crippen molar-refractivity contribution in [3.63, 3.8) is 0 Å². The van der Waals surface area contributed by atoms with Gasteiger partial charge < -0.3 is 9.84 Å². The SMILES string of the molecule is O=C(O)c1cccc2cc(COc3ccc(F)cc3)sc12. The van der Waals surface area contributed by atoms with Gasteiger partial charge in [-0.05, 0) is 41.8 Å². The highest BCUT2D eigenvalue weighted by molar-refractivity contribution is 7.19. The lowest BCUT2D eigenvalue weighted by Crippen LogP contribution is -1.94. The largest absolute Gasteiger partial charge is 0.488 e. The van der Waals surface area contributed by atoms with Crippen LogP contribution in [0, 0.1) is 5.82 Å². The van der Waals surface area contributed by atoms with Crippen LogP contribution in [0.3, 0.4) is 0 Å². The van der Waals surface area contributed by atoms with E-state index < -0.39 is 5.97 Å². The third-order valence-electron chi connectivity index (χ3n) is 3.02. The monoisotopic (exact) mass is 302 g/mol. The molecule has 0 radical (unpaired) electrons. The number of aromatic carboxylic acids is 1. The molecule has 0 fully saturated rings. The maximum Gasteiger partial charge on any atom is 0.337 e. The normalized spacial score (nSPS) is 10.7. The van der Waals surface area contributed by atoms with E-state index in [1.807, 2.05) is 12.1 Å². The van der Waals surface area contributed by atoms with E-state index in [0.717, 1.165) is 15.0 Å². The van der Waals surface area contributed by atoms with Crippen molar-refractivity contribution >= 4 is 27.4 Å². The maximum atomic E-state index is 12.8. The third kappa shape index (κ3) is 2.87. The average Bonchev–Trinajstić information content (AvgIpc) is 2.89. The van der Waals surface area contributed by atoms with Gasteiger partial charge in [0.25, 0.3) is 0 Å². The van der Waals surface area contributed by atoms with E-state index in [9.17, 15) is 9.18 Å². The molecule has 0 bridgehead atoms. The highest BCUT2D eigenvalue weighted by atomic mass is 32.1. The summed E-state index contributed by atoms with van der Waals surface area (Å²) in [5.74, 6) is -0.670. The predicted octanol–water partition coefficient (Wildman–Crippen LogP) is 4.32. The molecule has 0 saturated heterocycles. The number of rotatable bonds is 4. The van der Waals surface area contributed by atoms with Gasteiger partial charge in [0.2, 0.25) is 0 Å². The Kier molecular flexibility index (Phi) is 3.58. The number of hydrogen-bond donors (Lipinski definition) is 1. The molecule has 3 rings (SSSR count). The molecule has 0 aliphatic heterocycles. The molecular weight excluding hydrogens is 291 g/mol. The van der Waals surface area contributed by atoms with Gasteiger partial charge in [-0.25, -0.2) is 9.18 Å². The second-order valence-corrected chi connectivity index (χ2v) is 5.62. The number of carboxylic acids is 1. The van der Waals surface area contributed by atoms with Crippen LogP contribution in [0.25, 0.3) is 10.1 Å². The van der Waals surface area contributed by atoms with Crippen molar-refractivity contribution < 1.29 is 19.0 Å². The van der Waals surface area contributed by atoms with Gasteiger partial charge >= 0.3 is 5.97 Å². The summed E-state index contributed by atoms with van der Waals surface area (Å²) in [4.78, 5) is 12.1. The zero-order valence-electron chi connectivity index (χ0n) is 10.9. The van der Waals surface area contributed by atoms with Gasteiger partial charge in [0, 0.05) is 9.58 Å². The molecule has 3 aromatic rings. The number of fused-ring (bicyclic) bond motifs is 1. The summed E-state index contributed by atoms with van der Waals surface area (Å²) < 4.78 is 19.1. The molecule has 0 saturated carbocycles.